The minimum absolute atomic E-state index is 0.111. The van der Waals surface area contributed by atoms with E-state index in [1.165, 1.54) is 25.1 Å². The molecule has 2 N–H and O–H groups in total. The summed E-state index contributed by atoms with van der Waals surface area (Å²) in [4.78, 5) is 34.9. The fourth-order valence-electron chi connectivity index (χ4n) is 1.39. The van der Waals surface area contributed by atoms with Crippen LogP contribution in [0, 0.1) is 0 Å². The number of hydrogen-bond donors (Lipinski definition) is 1. The van der Waals surface area contributed by atoms with E-state index in [-0.39, 0.29) is 12.5 Å². The summed E-state index contributed by atoms with van der Waals surface area (Å²) < 4.78 is 4.47. The van der Waals surface area contributed by atoms with Crippen molar-refractivity contribution in [2.75, 3.05) is 20.7 Å². The van der Waals surface area contributed by atoms with Gasteiger partial charge >= 0.3 is 5.97 Å². The van der Waals surface area contributed by atoms with Gasteiger partial charge in [0, 0.05) is 18.7 Å². The third-order valence-corrected chi connectivity index (χ3v) is 2.58. The van der Waals surface area contributed by atoms with Gasteiger partial charge < -0.3 is 15.4 Å². The van der Waals surface area contributed by atoms with Gasteiger partial charge in [-0.3, -0.25) is 14.4 Å². The molecular formula is C14H16N2O4. The first-order valence-electron chi connectivity index (χ1n) is 5.84. The van der Waals surface area contributed by atoms with Crippen molar-refractivity contribution in [2.45, 2.75) is 0 Å². The molecule has 0 aliphatic heterocycles. The molecule has 0 aliphatic carbocycles. The molecule has 0 fully saturated rings. The Kier molecular flexibility index (Phi) is 5.46. The van der Waals surface area contributed by atoms with Crippen LogP contribution in [-0.2, 0) is 14.3 Å². The van der Waals surface area contributed by atoms with Gasteiger partial charge in [-0.05, 0) is 23.8 Å². The number of nitrogens with two attached hydrogens (primary N) is 1. The molecule has 0 radical (unpaired) electrons. The maximum absolute atomic E-state index is 11.7. The smallest absolute Gasteiger partial charge is 0.325 e. The number of rotatable bonds is 5. The number of ether oxygens (including phenoxy) is 1. The fraction of sp³-hybridized carbons (Fsp3) is 0.214. The summed E-state index contributed by atoms with van der Waals surface area (Å²) in [5.74, 6) is -1.32. The molecule has 106 valence electrons. The van der Waals surface area contributed by atoms with Crippen LogP contribution >= 0.6 is 0 Å². The molecule has 0 aromatic heterocycles. The summed E-state index contributed by atoms with van der Waals surface area (Å²) in [7, 11) is 2.76. The highest BCUT2D eigenvalue weighted by Crippen LogP contribution is 2.06. The molecule has 0 saturated heterocycles. The summed E-state index contributed by atoms with van der Waals surface area (Å²) in [6.07, 6.45) is 2.92. The molecule has 1 aromatic rings. The van der Waals surface area contributed by atoms with Crippen LogP contribution in [0.25, 0.3) is 6.08 Å². The van der Waals surface area contributed by atoms with E-state index in [1.807, 2.05) is 0 Å². The molecule has 0 spiro atoms. The molecule has 1 aromatic carbocycles. The van der Waals surface area contributed by atoms with Crippen LogP contribution in [0.3, 0.4) is 0 Å². The lowest BCUT2D eigenvalue weighted by molar-refractivity contribution is -0.144. The average Bonchev–Trinajstić information content (AvgIpc) is 2.44. The Bertz CT molecular complexity index is 535. The molecular weight excluding hydrogens is 260 g/mol. The van der Waals surface area contributed by atoms with Gasteiger partial charge in [0.1, 0.15) is 6.54 Å². The molecule has 1 rings (SSSR count). The van der Waals surface area contributed by atoms with Crippen molar-refractivity contribution < 1.29 is 19.1 Å². The Morgan fingerprint density at radius 3 is 2.35 bits per heavy atom. The number of carbonyl (C=O) groups is 3. The molecule has 0 aliphatic rings. The quantitative estimate of drug-likeness (QED) is 0.624. The van der Waals surface area contributed by atoms with Crippen molar-refractivity contribution in [1.82, 2.24) is 4.90 Å². The molecule has 0 bridgehead atoms. The second-order valence-corrected chi connectivity index (χ2v) is 4.09. The first kappa shape index (κ1) is 15.4. The van der Waals surface area contributed by atoms with Gasteiger partial charge in [-0.1, -0.05) is 12.1 Å². The number of methoxy groups -OCH3 is 1. The molecule has 0 atom stereocenters. The van der Waals surface area contributed by atoms with Gasteiger partial charge in [0.15, 0.2) is 0 Å². The number of primary amides is 1. The number of likely N-dealkylation sites (N-methyl/N-ethyl adjacent to an activating group) is 1. The highest BCUT2D eigenvalue weighted by Gasteiger charge is 2.10. The summed E-state index contributed by atoms with van der Waals surface area (Å²) >= 11 is 0. The zero-order valence-corrected chi connectivity index (χ0v) is 11.3. The first-order valence-corrected chi connectivity index (χ1v) is 5.84. The second-order valence-electron chi connectivity index (χ2n) is 4.09. The number of amides is 2. The minimum Gasteiger partial charge on any atom is -0.468 e. The number of nitrogens with zero attached hydrogens (tertiary/aromatic N) is 1. The normalized spacial score (nSPS) is 10.3. The number of hydrogen-bond acceptors (Lipinski definition) is 4. The minimum atomic E-state index is -0.505. The van der Waals surface area contributed by atoms with Crippen molar-refractivity contribution in [3.8, 4) is 0 Å². The third kappa shape index (κ3) is 4.56. The van der Waals surface area contributed by atoms with E-state index in [0.29, 0.717) is 5.56 Å². The number of carbonyl (C=O) groups excluding carboxylic acids is 3. The van der Waals surface area contributed by atoms with E-state index in [1.54, 1.807) is 30.3 Å². The van der Waals surface area contributed by atoms with Crippen molar-refractivity contribution in [2.24, 2.45) is 5.73 Å². The predicted molar refractivity (Wildman–Crippen MR) is 73.6 cm³/mol. The Morgan fingerprint density at radius 1 is 1.25 bits per heavy atom. The van der Waals surface area contributed by atoms with Crippen LogP contribution in [-0.4, -0.2) is 43.4 Å². The lowest BCUT2D eigenvalue weighted by Gasteiger charge is -2.12. The van der Waals surface area contributed by atoms with Gasteiger partial charge in [0.2, 0.25) is 11.8 Å². The van der Waals surface area contributed by atoms with Crippen LogP contribution in [0.2, 0.25) is 0 Å². The van der Waals surface area contributed by atoms with Crippen molar-refractivity contribution in [3.63, 3.8) is 0 Å². The van der Waals surface area contributed by atoms with Crippen LogP contribution in [0.15, 0.2) is 30.3 Å². The summed E-state index contributed by atoms with van der Waals surface area (Å²) in [5, 5.41) is 0. The van der Waals surface area contributed by atoms with Crippen LogP contribution in [0.1, 0.15) is 15.9 Å². The molecule has 0 heterocycles. The highest BCUT2D eigenvalue weighted by atomic mass is 16.5. The Hall–Kier alpha value is -2.63. The summed E-state index contributed by atoms with van der Waals surface area (Å²) in [6, 6.07) is 6.49. The molecule has 6 heteroatoms. The zero-order valence-electron chi connectivity index (χ0n) is 11.3. The van der Waals surface area contributed by atoms with Crippen LogP contribution in [0.5, 0.6) is 0 Å². The Morgan fingerprint density at radius 2 is 1.85 bits per heavy atom. The lowest BCUT2D eigenvalue weighted by atomic mass is 10.1. The summed E-state index contributed by atoms with van der Waals surface area (Å²) in [6.45, 7) is -0.111. The maximum atomic E-state index is 11.7. The lowest BCUT2D eigenvalue weighted by Crippen LogP contribution is -2.31. The van der Waals surface area contributed by atoms with E-state index < -0.39 is 11.9 Å². The maximum Gasteiger partial charge on any atom is 0.325 e. The third-order valence-electron chi connectivity index (χ3n) is 2.58. The highest BCUT2D eigenvalue weighted by molar-refractivity contribution is 5.94. The van der Waals surface area contributed by atoms with Gasteiger partial charge in [0.25, 0.3) is 0 Å². The molecule has 20 heavy (non-hydrogen) atoms. The van der Waals surface area contributed by atoms with E-state index in [9.17, 15) is 14.4 Å². The van der Waals surface area contributed by atoms with E-state index in [2.05, 4.69) is 4.74 Å². The van der Waals surface area contributed by atoms with E-state index in [0.717, 1.165) is 5.56 Å². The first-order chi connectivity index (χ1) is 9.43. The fourth-order valence-corrected chi connectivity index (χ4v) is 1.39. The summed E-state index contributed by atoms with van der Waals surface area (Å²) in [5.41, 5.74) is 6.27. The van der Waals surface area contributed by atoms with Crippen LogP contribution in [0.4, 0.5) is 0 Å². The molecule has 6 nitrogen and oxygen atoms in total. The predicted octanol–water partition coefficient (Wildman–Crippen LogP) is 0.430. The van der Waals surface area contributed by atoms with E-state index >= 15 is 0 Å². The van der Waals surface area contributed by atoms with Crippen molar-refractivity contribution in [3.05, 3.63) is 41.5 Å². The van der Waals surface area contributed by atoms with Gasteiger partial charge in [-0.25, -0.2) is 0 Å². The molecule has 0 saturated carbocycles. The standard InChI is InChI=1S/C14H16N2O4/c1-16(9-13(18)20-2)12(17)8-5-10-3-6-11(7-4-10)14(15)19/h3-8H,9H2,1-2H3,(H2,15,19). The average molecular weight is 276 g/mol. The molecule has 0 unspecified atom stereocenters. The van der Waals surface area contributed by atoms with Crippen molar-refractivity contribution in [1.29, 1.82) is 0 Å². The largest absolute Gasteiger partial charge is 0.468 e. The number of esters is 1. The van der Waals surface area contributed by atoms with Gasteiger partial charge in [0.05, 0.1) is 7.11 Å². The van der Waals surface area contributed by atoms with Gasteiger partial charge in [-0.15, -0.1) is 0 Å². The second kappa shape index (κ2) is 7.08. The van der Waals surface area contributed by atoms with Crippen LogP contribution < -0.4 is 5.73 Å². The van der Waals surface area contributed by atoms with Crippen molar-refractivity contribution >= 4 is 23.9 Å². The topological polar surface area (TPSA) is 89.7 Å². The SMILES string of the molecule is COC(=O)CN(C)C(=O)C=Cc1ccc(C(N)=O)cc1. The van der Waals surface area contributed by atoms with E-state index in [4.69, 9.17) is 5.73 Å². The molecule has 2 amide bonds. The number of benzene rings is 1. The Balaban J connectivity index is 2.65. The Labute approximate surface area is 116 Å². The van der Waals surface area contributed by atoms with Gasteiger partial charge in [-0.2, -0.15) is 0 Å². The zero-order chi connectivity index (χ0) is 15.1. The monoisotopic (exact) mass is 276 g/mol.